The number of nitrogens with one attached hydrogen (secondary N) is 2. The molecular weight excluding hydrogens is 349 g/mol. The molecule has 1 fully saturated rings. The van der Waals surface area contributed by atoms with Crippen LogP contribution in [0.15, 0.2) is 35.3 Å². The Morgan fingerprint density at radius 1 is 1.44 bits per heavy atom. The molecule has 1 aliphatic heterocycles. The van der Waals surface area contributed by atoms with Crippen LogP contribution in [0.2, 0.25) is 0 Å². The summed E-state index contributed by atoms with van der Waals surface area (Å²) in [6.45, 7) is 3.37. The number of H-pyrrole nitrogens is 1. The number of pyridine rings is 1. The third kappa shape index (κ3) is 3.06. The minimum atomic E-state index is -0.630. The third-order valence-electron chi connectivity index (χ3n) is 4.96. The highest BCUT2D eigenvalue weighted by molar-refractivity contribution is 5.91. The zero-order valence-electron chi connectivity index (χ0n) is 14.7. The maximum atomic E-state index is 13.9. The average molecular weight is 367 g/mol. The standard InChI is InChI=1S/C19H18FN5O2/c1-11-5-7-27-10-16(11)25-15-4-6-22-19(26)17(15)18(24-25)23-13-3-2-12(9-21)14(20)8-13/h2-4,6,8,11,16H,5,7,10H2,1H3,(H,22,26)(H,23,24)/t11-,16-/m0/s1. The number of aromatic amines is 1. The van der Waals surface area contributed by atoms with E-state index in [0.717, 1.165) is 6.42 Å². The second-order valence-corrected chi connectivity index (χ2v) is 6.70. The van der Waals surface area contributed by atoms with Gasteiger partial charge >= 0.3 is 0 Å². The van der Waals surface area contributed by atoms with E-state index >= 15 is 0 Å². The first-order chi connectivity index (χ1) is 13.1. The maximum absolute atomic E-state index is 13.9. The highest BCUT2D eigenvalue weighted by atomic mass is 19.1. The van der Waals surface area contributed by atoms with E-state index in [9.17, 15) is 9.18 Å². The van der Waals surface area contributed by atoms with Gasteiger partial charge in [0, 0.05) is 18.5 Å². The van der Waals surface area contributed by atoms with E-state index in [0.29, 0.717) is 41.5 Å². The van der Waals surface area contributed by atoms with Crippen LogP contribution in [0.1, 0.15) is 24.9 Å². The van der Waals surface area contributed by atoms with Crippen LogP contribution in [-0.4, -0.2) is 28.0 Å². The summed E-state index contributed by atoms with van der Waals surface area (Å²) in [6, 6.07) is 7.78. The van der Waals surface area contributed by atoms with Crippen molar-refractivity contribution in [1.82, 2.24) is 14.8 Å². The summed E-state index contributed by atoms with van der Waals surface area (Å²) in [5, 5.41) is 16.9. The molecular formula is C19H18FN5O2. The summed E-state index contributed by atoms with van der Waals surface area (Å²) in [4.78, 5) is 15.1. The molecule has 0 radical (unpaired) electrons. The lowest BCUT2D eigenvalue weighted by Crippen LogP contribution is -2.29. The minimum absolute atomic E-state index is 0.0105. The smallest absolute Gasteiger partial charge is 0.261 e. The van der Waals surface area contributed by atoms with Gasteiger partial charge in [-0.1, -0.05) is 6.92 Å². The van der Waals surface area contributed by atoms with Crippen molar-refractivity contribution in [3.8, 4) is 6.07 Å². The molecule has 2 aromatic heterocycles. The number of fused-ring (bicyclic) bond motifs is 1. The zero-order chi connectivity index (χ0) is 19.0. The fourth-order valence-electron chi connectivity index (χ4n) is 3.40. The SMILES string of the molecule is C[C@H]1CCOC[C@@H]1n1nc(Nc2ccc(C#N)c(F)c2)c2c(=O)[nH]ccc21. The topological polar surface area (TPSA) is 95.7 Å². The molecule has 2 atom stereocenters. The lowest BCUT2D eigenvalue weighted by atomic mass is 9.97. The molecule has 0 unspecified atom stereocenters. The largest absolute Gasteiger partial charge is 0.379 e. The summed E-state index contributed by atoms with van der Waals surface area (Å²) >= 11 is 0. The van der Waals surface area contributed by atoms with Crippen LogP contribution in [0.25, 0.3) is 10.9 Å². The van der Waals surface area contributed by atoms with Crippen molar-refractivity contribution < 1.29 is 9.13 Å². The first kappa shape index (κ1) is 17.2. The first-order valence-electron chi connectivity index (χ1n) is 8.73. The zero-order valence-corrected chi connectivity index (χ0v) is 14.7. The van der Waals surface area contributed by atoms with E-state index in [1.54, 1.807) is 24.4 Å². The van der Waals surface area contributed by atoms with Crippen LogP contribution in [-0.2, 0) is 4.74 Å². The molecule has 27 heavy (non-hydrogen) atoms. The molecule has 1 saturated heterocycles. The molecule has 3 heterocycles. The quantitative estimate of drug-likeness (QED) is 0.742. The number of ether oxygens (including phenoxy) is 1. The van der Waals surface area contributed by atoms with Crippen LogP contribution in [0.5, 0.6) is 0 Å². The second kappa shape index (κ2) is 6.85. The van der Waals surface area contributed by atoms with Gasteiger partial charge in [-0.3, -0.25) is 9.48 Å². The van der Waals surface area contributed by atoms with Gasteiger partial charge in [-0.15, -0.1) is 0 Å². The molecule has 3 aromatic rings. The molecule has 0 aliphatic carbocycles. The molecule has 1 aliphatic rings. The Morgan fingerprint density at radius 2 is 2.30 bits per heavy atom. The number of benzene rings is 1. The number of hydrogen-bond donors (Lipinski definition) is 2. The van der Waals surface area contributed by atoms with Gasteiger partial charge in [0.1, 0.15) is 17.3 Å². The third-order valence-corrected chi connectivity index (χ3v) is 4.96. The van der Waals surface area contributed by atoms with Crippen molar-refractivity contribution >= 4 is 22.4 Å². The van der Waals surface area contributed by atoms with Gasteiger partial charge in [-0.2, -0.15) is 10.4 Å². The van der Waals surface area contributed by atoms with Crippen molar-refractivity contribution in [3.63, 3.8) is 0 Å². The van der Waals surface area contributed by atoms with Crippen LogP contribution < -0.4 is 10.9 Å². The fourth-order valence-corrected chi connectivity index (χ4v) is 3.40. The van der Waals surface area contributed by atoms with Crippen LogP contribution in [0.3, 0.4) is 0 Å². The van der Waals surface area contributed by atoms with E-state index in [2.05, 4.69) is 22.3 Å². The number of hydrogen-bond acceptors (Lipinski definition) is 5. The number of nitrogens with zero attached hydrogens (tertiary/aromatic N) is 3. The predicted molar refractivity (Wildman–Crippen MR) is 98.4 cm³/mol. The molecule has 0 amide bonds. The average Bonchev–Trinajstić information content (AvgIpc) is 3.02. The van der Waals surface area contributed by atoms with Crippen molar-refractivity contribution in [1.29, 1.82) is 5.26 Å². The highest BCUT2D eigenvalue weighted by Gasteiger charge is 2.27. The number of rotatable bonds is 3. The second-order valence-electron chi connectivity index (χ2n) is 6.70. The Balaban J connectivity index is 1.80. The molecule has 4 rings (SSSR count). The summed E-state index contributed by atoms with van der Waals surface area (Å²) < 4.78 is 21.3. The van der Waals surface area contributed by atoms with E-state index in [4.69, 9.17) is 10.00 Å². The normalized spacial score (nSPS) is 19.7. The Labute approximate surface area is 154 Å². The summed E-state index contributed by atoms with van der Waals surface area (Å²) in [5.41, 5.74) is 0.786. The Hall–Kier alpha value is -3.18. The summed E-state index contributed by atoms with van der Waals surface area (Å²) in [5.74, 6) is 0.0597. The Kier molecular flexibility index (Phi) is 4.38. The van der Waals surface area contributed by atoms with Gasteiger partial charge in [0.15, 0.2) is 5.82 Å². The van der Waals surface area contributed by atoms with Gasteiger partial charge in [-0.25, -0.2) is 4.39 Å². The van der Waals surface area contributed by atoms with Crippen molar-refractivity contribution in [3.05, 3.63) is 52.2 Å². The van der Waals surface area contributed by atoms with Crippen LogP contribution >= 0.6 is 0 Å². The van der Waals surface area contributed by atoms with Crippen molar-refractivity contribution in [2.75, 3.05) is 18.5 Å². The van der Waals surface area contributed by atoms with E-state index < -0.39 is 5.82 Å². The fraction of sp³-hybridized carbons (Fsp3) is 0.316. The maximum Gasteiger partial charge on any atom is 0.261 e. The number of anilines is 2. The highest BCUT2D eigenvalue weighted by Crippen LogP contribution is 2.31. The Bertz CT molecular complexity index is 1100. The number of halogens is 1. The van der Waals surface area contributed by atoms with Crippen molar-refractivity contribution in [2.45, 2.75) is 19.4 Å². The van der Waals surface area contributed by atoms with Gasteiger partial charge in [0.05, 0.1) is 23.7 Å². The van der Waals surface area contributed by atoms with E-state index in [1.165, 1.54) is 12.1 Å². The molecule has 1 aromatic carbocycles. The Morgan fingerprint density at radius 3 is 3.04 bits per heavy atom. The van der Waals surface area contributed by atoms with Gasteiger partial charge in [0.25, 0.3) is 5.56 Å². The van der Waals surface area contributed by atoms with Gasteiger partial charge in [-0.05, 0) is 36.6 Å². The molecule has 8 heteroatoms. The van der Waals surface area contributed by atoms with Crippen molar-refractivity contribution in [2.24, 2.45) is 5.92 Å². The molecule has 0 spiro atoms. The predicted octanol–water partition coefficient (Wildman–Crippen LogP) is 3.08. The molecule has 7 nitrogen and oxygen atoms in total. The monoisotopic (exact) mass is 367 g/mol. The summed E-state index contributed by atoms with van der Waals surface area (Å²) in [6.07, 6.45) is 2.50. The lowest BCUT2D eigenvalue weighted by molar-refractivity contribution is 0.0255. The minimum Gasteiger partial charge on any atom is -0.379 e. The summed E-state index contributed by atoms with van der Waals surface area (Å²) in [7, 11) is 0. The van der Waals surface area contributed by atoms with Gasteiger partial charge in [0.2, 0.25) is 0 Å². The van der Waals surface area contributed by atoms with E-state index in [-0.39, 0.29) is 17.2 Å². The molecule has 2 N–H and O–H groups in total. The first-order valence-corrected chi connectivity index (χ1v) is 8.73. The van der Waals surface area contributed by atoms with Gasteiger partial charge < -0.3 is 15.0 Å². The lowest BCUT2D eigenvalue weighted by Gasteiger charge is -2.29. The molecule has 0 saturated carbocycles. The molecule has 138 valence electrons. The van der Waals surface area contributed by atoms with Crippen LogP contribution in [0, 0.1) is 23.1 Å². The molecule has 0 bridgehead atoms. The number of nitriles is 1. The number of aromatic nitrogens is 3. The van der Waals surface area contributed by atoms with Crippen LogP contribution in [0.4, 0.5) is 15.9 Å². The van der Waals surface area contributed by atoms with E-state index in [1.807, 2.05) is 4.68 Å².